The summed E-state index contributed by atoms with van der Waals surface area (Å²) in [5, 5.41) is 0. The van der Waals surface area contributed by atoms with Crippen LogP contribution in [0.5, 0.6) is 0 Å². The summed E-state index contributed by atoms with van der Waals surface area (Å²) in [6, 6.07) is 8.66. The molecule has 13 heavy (non-hydrogen) atoms. The number of rotatable bonds is 2. The Kier molecular flexibility index (Phi) is 2.99. The van der Waals surface area contributed by atoms with Gasteiger partial charge in [0, 0.05) is 6.54 Å². The van der Waals surface area contributed by atoms with Gasteiger partial charge in [0.25, 0.3) is 0 Å². The predicted molar refractivity (Wildman–Crippen MR) is 58.2 cm³/mol. The minimum Gasteiger partial charge on any atom is -0.326 e. The molecule has 0 aliphatic heterocycles. The number of halogens is 1. The van der Waals surface area contributed by atoms with E-state index in [2.05, 4.69) is 31.2 Å². The predicted octanol–water partition coefficient (Wildman–Crippen LogP) is 2.62. The second-order valence-electron chi connectivity index (χ2n) is 3.97. The average molecular weight is 198 g/mol. The molecule has 0 spiro atoms. The fraction of sp³-hybridized carbons (Fsp3) is 0.455. The third kappa shape index (κ3) is 2.04. The lowest BCUT2D eigenvalue weighted by Gasteiger charge is -2.09. The maximum Gasteiger partial charge on any atom is 0.0178 e. The van der Waals surface area contributed by atoms with Crippen molar-refractivity contribution < 1.29 is 0 Å². The van der Waals surface area contributed by atoms with E-state index in [1.165, 1.54) is 24.0 Å². The first-order valence-electron chi connectivity index (χ1n) is 4.54. The van der Waals surface area contributed by atoms with Crippen molar-refractivity contribution in [1.29, 1.82) is 0 Å². The number of benzene rings is 1. The number of hydrogen-bond donors (Lipinski definition) is 1. The van der Waals surface area contributed by atoms with Crippen molar-refractivity contribution in [2.75, 3.05) is 0 Å². The fourth-order valence-electron chi connectivity index (χ4n) is 1.55. The molecule has 72 valence electrons. The topological polar surface area (TPSA) is 26.0 Å². The molecule has 0 atom stereocenters. The third-order valence-corrected chi connectivity index (χ3v) is 2.86. The van der Waals surface area contributed by atoms with Crippen molar-refractivity contribution in [3.05, 3.63) is 35.4 Å². The quantitative estimate of drug-likeness (QED) is 0.775. The molecule has 1 aromatic rings. The highest BCUT2D eigenvalue weighted by Gasteiger charge is 2.38. The molecule has 0 amide bonds. The van der Waals surface area contributed by atoms with Gasteiger partial charge in [-0.15, -0.1) is 12.4 Å². The van der Waals surface area contributed by atoms with Gasteiger partial charge in [-0.05, 0) is 29.4 Å². The van der Waals surface area contributed by atoms with Gasteiger partial charge in [0.05, 0.1) is 0 Å². The maximum absolute atomic E-state index is 5.58. The maximum atomic E-state index is 5.58. The van der Waals surface area contributed by atoms with E-state index < -0.39 is 0 Å². The van der Waals surface area contributed by atoms with Crippen LogP contribution < -0.4 is 5.73 Å². The van der Waals surface area contributed by atoms with Crippen molar-refractivity contribution in [2.24, 2.45) is 5.73 Å². The lowest BCUT2D eigenvalue weighted by molar-refractivity contribution is 0.784. The van der Waals surface area contributed by atoms with Crippen LogP contribution in [0.15, 0.2) is 24.3 Å². The van der Waals surface area contributed by atoms with Crippen LogP contribution in [0.3, 0.4) is 0 Å². The van der Waals surface area contributed by atoms with Crippen molar-refractivity contribution in [2.45, 2.75) is 31.7 Å². The summed E-state index contributed by atoms with van der Waals surface area (Å²) >= 11 is 0. The first-order chi connectivity index (χ1) is 5.74. The second kappa shape index (κ2) is 3.69. The normalized spacial score (nSPS) is 17.7. The summed E-state index contributed by atoms with van der Waals surface area (Å²) in [5.74, 6) is 0. The SMILES string of the molecule is CC1(c2cccc(CN)c2)CC1.Cl. The Morgan fingerprint density at radius 2 is 2.08 bits per heavy atom. The van der Waals surface area contributed by atoms with E-state index in [4.69, 9.17) is 5.73 Å². The summed E-state index contributed by atoms with van der Waals surface area (Å²) in [6.07, 6.45) is 2.67. The summed E-state index contributed by atoms with van der Waals surface area (Å²) in [7, 11) is 0. The summed E-state index contributed by atoms with van der Waals surface area (Å²) in [6.45, 7) is 2.98. The average Bonchev–Trinajstić information content (AvgIpc) is 2.85. The minimum atomic E-state index is 0. The van der Waals surface area contributed by atoms with Gasteiger partial charge in [-0.1, -0.05) is 31.2 Å². The Bertz CT molecular complexity index is 292. The first kappa shape index (κ1) is 10.6. The van der Waals surface area contributed by atoms with Gasteiger partial charge in [0.15, 0.2) is 0 Å². The lowest BCUT2D eigenvalue weighted by atomic mass is 9.97. The molecule has 2 heteroatoms. The van der Waals surface area contributed by atoms with Crippen molar-refractivity contribution in [1.82, 2.24) is 0 Å². The smallest absolute Gasteiger partial charge is 0.0178 e. The molecule has 2 rings (SSSR count). The van der Waals surface area contributed by atoms with Gasteiger partial charge in [-0.25, -0.2) is 0 Å². The number of nitrogens with two attached hydrogens (primary N) is 1. The Balaban J connectivity index is 0.000000845. The zero-order valence-corrected chi connectivity index (χ0v) is 8.73. The van der Waals surface area contributed by atoms with Gasteiger partial charge >= 0.3 is 0 Å². The van der Waals surface area contributed by atoms with Gasteiger partial charge in [0.1, 0.15) is 0 Å². The molecule has 0 aromatic heterocycles. The van der Waals surface area contributed by atoms with Crippen LogP contribution in [0.1, 0.15) is 30.9 Å². The highest BCUT2D eigenvalue weighted by Crippen LogP contribution is 2.47. The van der Waals surface area contributed by atoms with E-state index >= 15 is 0 Å². The van der Waals surface area contributed by atoms with Crippen LogP contribution in [-0.2, 0) is 12.0 Å². The Morgan fingerprint density at radius 3 is 2.62 bits per heavy atom. The molecule has 0 saturated heterocycles. The van der Waals surface area contributed by atoms with E-state index in [0.29, 0.717) is 12.0 Å². The molecular formula is C11H16ClN. The van der Waals surface area contributed by atoms with Crippen LogP contribution in [0.25, 0.3) is 0 Å². The van der Waals surface area contributed by atoms with Gasteiger partial charge in [-0.3, -0.25) is 0 Å². The minimum absolute atomic E-state index is 0. The zero-order chi connectivity index (χ0) is 8.60. The number of hydrogen-bond acceptors (Lipinski definition) is 1. The van der Waals surface area contributed by atoms with E-state index in [1.807, 2.05) is 0 Å². The second-order valence-corrected chi connectivity index (χ2v) is 3.97. The third-order valence-electron chi connectivity index (χ3n) is 2.86. The molecule has 1 saturated carbocycles. The molecule has 1 aromatic carbocycles. The van der Waals surface area contributed by atoms with Gasteiger partial charge in [0.2, 0.25) is 0 Å². The van der Waals surface area contributed by atoms with E-state index in [9.17, 15) is 0 Å². The molecule has 1 aliphatic carbocycles. The largest absolute Gasteiger partial charge is 0.326 e. The molecule has 1 aliphatic rings. The molecule has 0 heterocycles. The Labute approximate surface area is 85.7 Å². The molecule has 1 nitrogen and oxygen atoms in total. The first-order valence-corrected chi connectivity index (χ1v) is 4.54. The van der Waals surface area contributed by atoms with Crippen LogP contribution in [-0.4, -0.2) is 0 Å². The van der Waals surface area contributed by atoms with Crippen molar-refractivity contribution >= 4 is 12.4 Å². The van der Waals surface area contributed by atoms with E-state index in [-0.39, 0.29) is 12.4 Å². The summed E-state index contributed by atoms with van der Waals surface area (Å²) in [4.78, 5) is 0. The summed E-state index contributed by atoms with van der Waals surface area (Å²) < 4.78 is 0. The monoisotopic (exact) mass is 197 g/mol. The van der Waals surface area contributed by atoms with Crippen LogP contribution in [0, 0.1) is 0 Å². The van der Waals surface area contributed by atoms with Crippen molar-refractivity contribution in [3.8, 4) is 0 Å². The fourth-order valence-corrected chi connectivity index (χ4v) is 1.55. The van der Waals surface area contributed by atoms with Crippen LogP contribution in [0.2, 0.25) is 0 Å². The van der Waals surface area contributed by atoms with Crippen LogP contribution in [0.4, 0.5) is 0 Å². The molecule has 0 radical (unpaired) electrons. The Morgan fingerprint density at radius 1 is 1.38 bits per heavy atom. The highest BCUT2D eigenvalue weighted by molar-refractivity contribution is 5.85. The lowest BCUT2D eigenvalue weighted by Crippen LogP contribution is -2.02. The van der Waals surface area contributed by atoms with Gasteiger partial charge < -0.3 is 5.73 Å². The van der Waals surface area contributed by atoms with E-state index in [1.54, 1.807) is 0 Å². The molecule has 1 fully saturated rings. The Hall–Kier alpha value is -0.530. The highest BCUT2D eigenvalue weighted by atomic mass is 35.5. The standard InChI is InChI=1S/C11H15N.ClH/c1-11(5-6-11)10-4-2-3-9(7-10)8-12;/h2-4,7H,5-6,8,12H2,1H3;1H. The zero-order valence-electron chi connectivity index (χ0n) is 7.92. The van der Waals surface area contributed by atoms with Gasteiger partial charge in [-0.2, -0.15) is 0 Å². The molecule has 2 N–H and O–H groups in total. The van der Waals surface area contributed by atoms with E-state index in [0.717, 1.165) is 0 Å². The summed E-state index contributed by atoms with van der Waals surface area (Å²) in [5.41, 5.74) is 8.77. The molecule has 0 bridgehead atoms. The van der Waals surface area contributed by atoms with Crippen molar-refractivity contribution in [3.63, 3.8) is 0 Å². The molecule has 0 unspecified atom stereocenters. The molecular weight excluding hydrogens is 182 g/mol. The van der Waals surface area contributed by atoms with Crippen LogP contribution >= 0.6 is 12.4 Å².